The standard InChI is InChI=1S/C17H18Cl2FN/c1-11(8-13-6-4-3-5-7-13)21-12(2)14-9-17(20)16(19)10-15(14)18/h3-7,9-12,21H,8H2,1-2H3. The summed E-state index contributed by atoms with van der Waals surface area (Å²) in [6.07, 6.45) is 0.902. The highest BCUT2D eigenvalue weighted by Crippen LogP contribution is 2.28. The third-order valence-corrected chi connectivity index (χ3v) is 4.04. The normalized spacial score (nSPS) is 14.0. The van der Waals surface area contributed by atoms with Crippen molar-refractivity contribution in [2.24, 2.45) is 0 Å². The molecule has 0 aromatic heterocycles. The Labute approximate surface area is 135 Å². The average Bonchev–Trinajstić information content (AvgIpc) is 2.43. The first-order valence-electron chi connectivity index (χ1n) is 6.91. The molecule has 0 amide bonds. The van der Waals surface area contributed by atoms with Gasteiger partial charge in [-0.15, -0.1) is 0 Å². The molecule has 2 aromatic rings. The van der Waals surface area contributed by atoms with E-state index in [0.717, 1.165) is 12.0 Å². The predicted molar refractivity (Wildman–Crippen MR) is 87.6 cm³/mol. The van der Waals surface area contributed by atoms with Crippen molar-refractivity contribution in [3.05, 3.63) is 69.5 Å². The zero-order valence-corrected chi connectivity index (χ0v) is 13.5. The lowest BCUT2D eigenvalue weighted by molar-refractivity contribution is 0.475. The van der Waals surface area contributed by atoms with Gasteiger partial charge >= 0.3 is 0 Å². The molecule has 2 aromatic carbocycles. The molecule has 0 heterocycles. The van der Waals surface area contributed by atoms with E-state index in [1.807, 2.05) is 25.1 Å². The summed E-state index contributed by atoms with van der Waals surface area (Å²) < 4.78 is 13.6. The van der Waals surface area contributed by atoms with Crippen LogP contribution in [0.1, 0.15) is 31.0 Å². The largest absolute Gasteiger partial charge is 0.307 e. The molecule has 0 aliphatic carbocycles. The first-order valence-corrected chi connectivity index (χ1v) is 7.67. The zero-order valence-electron chi connectivity index (χ0n) is 12.0. The van der Waals surface area contributed by atoms with Crippen LogP contribution in [0, 0.1) is 5.82 Å². The molecule has 0 spiro atoms. The van der Waals surface area contributed by atoms with Gasteiger partial charge in [-0.1, -0.05) is 53.5 Å². The molecule has 0 aliphatic heterocycles. The third-order valence-electron chi connectivity index (χ3n) is 3.43. The molecule has 0 aliphatic rings. The van der Waals surface area contributed by atoms with E-state index in [-0.39, 0.29) is 17.1 Å². The van der Waals surface area contributed by atoms with Crippen LogP contribution in [0.15, 0.2) is 42.5 Å². The molecule has 0 saturated carbocycles. The Bertz CT molecular complexity index is 601. The highest BCUT2D eigenvalue weighted by atomic mass is 35.5. The lowest BCUT2D eigenvalue weighted by atomic mass is 10.0. The molecule has 1 nitrogen and oxygen atoms in total. The van der Waals surface area contributed by atoms with Crippen LogP contribution in [-0.2, 0) is 6.42 Å². The van der Waals surface area contributed by atoms with Gasteiger partial charge in [0, 0.05) is 17.1 Å². The van der Waals surface area contributed by atoms with Crippen LogP contribution in [0.25, 0.3) is 0 Å². The van der Waals surface area contributed by atoms with Crippen LogP contribution in [0.5, 0.6) is 0 Å². The maximum absolute atomic E-state index is 13.6. The Balaban J connectivity index is 2.04. The van der Waals surface area contributed by atoms with Gasteiger partial charge in [-0.25, -0.2) is 4.39 Å². The van der Waals surface area contributed by atoms with Gasteiger partial charge in [0.2, 0.25) is 0 Å². The van der Waals surface area contributed by atoms with E-state index in [0.29, 0.717) is 5.02 Å². The van der Waals surface area contributed by atoms with Gasteiger partial charge < -0.3 is 5.32 Å². The average molecular weight is 326 g/mol. The number of halogens is 3. The minimum absolute atomic E-state index is 0.0493. The molecule has 0 bridgehead atoms. The Morgan fingerprint density at radius 1 is 1.05 bits per heavy atom. The molecule has 2 atom stereocenters. The number of hydrogen-bond acceptors (Lipinski definition) is 1. The van der Waals surface area contributed by atoms with Crippen molar-refractivity contribution < 1.29 is 4.39 Å². The quantitative estimate of drug-likeness (QED) is 0.724. The Kier molecular flexibility index (Phi) is 5.63. The third kappa shape index (κ3) is 4.44. The fourth-order valence-corrected chi connectivity index (χ4v) is 2.96. The van der Waals surface area contributed by atoms with Crippen molar-refractivity contribution in [2.45, 2.75) is 32.4 Å². The summed E-state index contributed by atoms with van der Waals surface area (Å²) in [5.74, 6) is -0.444. The molecule has 0 saturated heterocycles. The van der Waals surface area contributed by atoms with Crippen molar-refractivity contribution >= 4 is 23.2 Å². The summed E-state index contributed by atoms with van der Waals surface area (Å²) in [5, 5.41) is 3.97. The Hall–Kier alpha value is -1.09. The second-order valence-corrected chi connectivity index (χ2v) is 6.08. The molecule has 2 rings (SSSR count). The SMILES string of the molecule is CC(Cc1ccccc1)NC(C)c1cc(F)c(Cl)cc1Cl. The van der Waals surface area contributed by atoms with Gasteiger partial charge in [0.25, 0.3) is 0 Å². The van der Waals surface area contributed by atoms with Gasteiger partial charge in [0.15, 0.2) is 0 Å². The summed E-state index contributed by atoms with van der Waals surface area (Å²) in [4.78, 5) is 0. The van der Waals surface area contributed by atoms with Gasteiger partial charge in [-0.05, 0) is 43.5 Å². The van der Waals surface area contributed by atoms with Crippen LogP contribution in [-0.4, -0.2) is 6.04 Å². The van der Waals surface area contributed by atoms with E-state index >= 15 is 0 Å². The van der Waals surface area contributed by atoms with Crippen molar-refractivity contribution in [3.63, 3.8) is 0 Å². The number of rotatable bonds is 5. The molecule has 0 radical (unpaired) electrons. The topological polar surface area (TPSA) is 12.0 Å². The monoisotopic (exact) mass is 325 g/mol. The van der Waals surface area contributed by atoms with Crippen molar-refractivity contribution in [1.29, 1.82) is 0 Å². The predicted octanol–water partition coefficient (Wildman–Crippen LogP) is 5.41. The lowest BCUT2D eigenvalue weighted by Gasteiger charge is -2.21. The summed E-state index contributed by atoms with van der Waals surface area (Å²) in [6, 6.07) is 13.3. The Morgan fingerprint density at radius 3 is 2.38 bits per heavy atom. The van der Waals surface area contributed by atoms with Crippen LogP contribution >= 0.6 is 23.2 Å². The maximum Gasteiger partial charge on any atom is 0.142 e. The fourth-order valence-electron chi connectivity index (χ4n) is 2.41. The smallest absolute Gasteiger partial charge is 0.142 e. The molecular formula is C17H18Cl2FN. The molecule has 21 heavy (non-hydrogen) atoms. The highest BCUT2D eigenvalue weighted by molar-refractivity contribution is 6.35. The number of nitrogens with one attached hydrogen (secondary N) is 1. The molecule has 4 heteroatoms. The van der Waals surface area contributed by atoms with Gasteiger partial charge in [-0.2, -0.15) is 0 Å². The van der Waals surface area contributed by atoms with Crippen LogP contribution in [0.2, 0.25) is 10.0 Å². The van der Waals surface area contributed by atoms with E-state index in [2.05, 4.69) is 24.4 Å². The first-order chi connectivity index (χ1) is 9.97. The first kappa shape index (κ1) is 16.3. The number of benzene rings is 2. The zero-order chi connectivity index (χ0) is 15.4. The van der Waals surface area contributed by atoms with Gasteiger partial charge in [0.05, 0.1) is 5.02 Å². The summed E-state index contributed by atoms with van der Waals surface area (Å²) >= 11 is 11.9. The highest BCUT2D eigenvalue weighted by Gasteiger charge is 2.15. The molecule has 1 N–H and O–H groups in total. The van der Waals surface area contributed by atoms with E-state index in [4.69, 9.17) is 23.2 Å². The second kappa shape index (κ2) is 7.26. The maximum atomic E-state index is 13.6. The van der Waals surface area contributed by atoms with Crippen molar-refractivity contribution in [1.82, 2.24) is 5.32 Å². The minimum atomic E-state index is -0.444. The summed E-state index contributed by atoms with van der Waals surface area (Å²) in [6.45, 7) is 4.07. The van der Waals surface area contributed by atoms with Crippen LogP contribution < -0.4 is 5.32 Å². The Morgan fingerprint density at radius 2 is 1.71 bits per heavy atom. The van der Waals surface area contributed by atoms with Gasteiger partial charge in [-0.3, -0.25) is 0 Å². The van der Waals surface area contributed by atoms with Crippen molar-refractivity contribution in [2.75, 3.05) is 0 Å². The molecule has 0 fully saturated rings. The summed E-state index contributed by atoms with van der Waals surface area (Å²) in [5.41, 5.74) is 1.98. The lowest BCUT2D eigenvalue weighted by Crippen LogP contribution is -2.30. The fraction of sp³-hybridized carbons (Fsp3) is 0.294. The molecular weight excluding hydrogens is 308 g/mol. The van der Waals surface area contributed by atoms with Crippen molar-refractivity contribution in [3.8, 4) is 0 Å². The van der Waals surface area contributed by atoms with Crippen LogP contribution in [0.3, 0.4) is 0 Å². The minimum Gasteiger partial charge on any atom is -0.307 e. The number of hydrogen-bond donors (Lipinski definition) is 1. The van der Waals surface area contributed by atoms with Crippen LogP contribution in [0.4, 0.5) is 4.39 Å². The van der Waals surface area contributed by atoms with E-state index in [1.165, 1.54) is 17.7 Å². The van der Waals surface area contributed by atoms with E-state index in [9.17, 15) is 4.39 Å². The van der Waals surface area contributed by atoms with Gasteiger partial charge in [0.1, 0.15) is 5.82 Å². The molecule has 112 valence electrons. The van der Waals surface area contributed by atoms with E-state index < -0.39 is 5.82 Å². The molecule has 2 unspecified atom stereocenters. The summed E-state index contributed by atoms with van der Waals surface area (Å²) in [7, 11) is 0. The van der Waals surface area contributed by atoms with E-state index in [1.54, 1.807) is 0 Å². The second-order valence-electron chi connectivity index (χ2n) is 5.27.